The number of hydrogen-bond donors (Lipinski definition) is 1. The van der Waals surface area contributed by atoms with Crippen molar-refractivity contribution >= 4 is 5.97 Å². The predicted molar refractivity (Wildman–Crippen MR) is 57.7 cm³/mol. The number of rotatable bonds is 4. The molecule has 1 N–H and O–H groups in total. The molecule has 0 radical (unpaired) electrons. The van der Waals surface area contributed by atoms with Crippen LogP contribution in [0, 0.1) is 0 Å². The number of carbonyl (C=O) groups excluding carboxylic acids is 1. The highest BCUT2D eigenvalue weighted by Crippen LogP contribution is 2.33. The van der Waals surface area contributed by atoms with Crippen molar-refractivity contribution in [3.8, 4) is 0 Å². The normalized spacial score (nSPS) is 30.9. The van der Waals surface area contributed by atoms with Crippen LogP contribution in [0.3, 0.4) is 0 Å². The van der Waals surface area contributed by atoms with Gasteiger partial charge in [0.2, 0.25) is 0 Å². The average molecular weight is 215 g/mol. The molecule has 4 heteroatoms. The van der Waals surface area contributed by atoms with E-state index in [-0.39, 0.29) is 18.1 Å². The molecule has 1 aliphatic rings. The zero-order chi connectivity index (χ0) is 11.5. The Morgan fingerprint density at radius 2 is 2.13 bits per heavy atom. The fraction of sp³-hybridized carbons (Fsp3) is 0.909. The molecule has 0 heterocycles. The molecule has 0 aromatic heterocycles. The molecule has 2 atom stereocenters. The van der Waals surface area contributed by atoms with Gasteiger partial charge >= 0.3 is 5.97 Å². The van der Waals surface area contributed by atoms with Gasteiger partial charge in [-0.2, -0.15) is 0 Å². The Morgan fingerprint density at radius 3 is 2.53 bits per heavy atom. The van der Waals surface area contributed by atoms with Gasteiger partial charge in [-0.05, 0) is 26.7 Å². The van der Waals surface area contributed by atoms with Gasteiger partial charge < -0.3 is 9.47 Å². The number of carbonyl (C=O) groups is 1. The monoisotopic (exact) mass is 215 g/mol. The summed E-state index contributed by atoms with van der Waals surface area (Å²) in [7, 11) is 3.12. The first-order valence-electron chi connectivity index (χ1n) is 5.43. The molecule has 0 spiro atoms. The van der Waals surface area contributed by atoms with Crippen molar-refractivity contribution in [3.63, 3.8) is 0 Å². The highest BCUT2D eigenvalue weighted by Gasteiger charge is 2.46. The minimum absolute atomic E-state index is 0.162. The maximum atomic E-state index is 11.8. The van der Waals surface area contributed by atoms with Crippen LogP contribution in [0.4, 0.5) is 0 Å². The first-order chi connectivity index (χ1) is 7.04. The Balaban J connectivity index is 2.74. The summed E-state index contributed by atoms with van der Waals surface area (Å²) in [5.41, 5.74) is -0.538. The number of nitrogens with one attached hydrogen (secondary N) is 1. The van der Waals surface area contributed by atoms with Crippen LogP contribution in [0.15, 0.2) is 0 Å². The van der Waals surface area contributed by atoms with Gasteiger partial charge in [-0.3, -0.25) is 10.1 Å². The van der Waals surface area contributed by atoms with Crippen LogP contribution in [-0.2, 0) is 14.3 Å². The van der Waals surface area contributed by atoms with Crippen molar-refractivity contribution in [3.05, 3.63) is 0 Å². The van der Waals surface area contributed by atoms with Gasteiger partial charge in [0.15, 0.2) is 0 Å². The van der Waals surface area contributed by atoms with E-state index in [0.717, 1.165) is 12.8 Å². The third-order valence-corrected chi connectivity index (χ3v) is 2.94. The van der Waals surface area contributed by atoms with Crippen LogP contribution in [0.5, 0.6) is 0 Å². The molecule has 0 aromatic rings. The second kappa shape index (κ2) is 4.94. The lowest BCUT2D eigenvalue weighted by Crippen LogP contribution is -2.53. The molecule has 1 saturated carbocycles. The summed E-state index contributed by atoms with van der Waals surface area (Å²) in [5, 5.41) is 3.32. The van der Waals surface area contributed by atoms with E-state index in [0.29, 0.717) is 6.42 Å². The Morgan fingerprint density at radius 1 is 1.47 bits per heavy atom. The van der Waals surface area contributed by atoms with Gasteiger partial charge in [-0.1, -0.05) is 0 Å². The lowest BCUT2D eigenvalue weighted by molar-refractivity contribution is -0.149. The highest BCUT2D eigenvalue weighted by molar-refractivity contribution is 5.81. The van der Waals surface area contributed by atoms with Gasteiger partial charge in [0.05, 0.1) is 13.2 Å². The first kappa shape index (κ1) is 12.5. The molecule has 15 heavy (non-hydrogen) atoms. The Labute approximate surface area is 91.3 Å². The quantitative estimate of drug-likeness (QED) is 0.713. The van der Waals surface area contributed by atoms with E-state index in [4.69, 9.17) is 9.47 Å². The van der Waals surface area contributed by atoms with Crippen LogP contribution in [0.1, 0.15) is 33.1 Å². The number of ether oxygens (including phenoxy) is 2. The standard InChI is InChI=1S/C11H21NO3/c1-8(2)12-11(10(13)15-4)6-5-9(7-11)14-3/h8-9,12H,5-7H2,1-4H3. The van der Waals surface area contributed by atoms with Crippen LogP contribution < -0.4 is 5.32 Å². The summed E-state index contributed by atoms with van der Waals surface area (Å²) in [4.78, 5) is 11.8. The summed E-state index contributed by atoms with van der Waals surface area (Å²) in [6.07, 6.45) is 2.56. The lowest BCUT2D eigenvalue weighted by atomic mass is 9.96. The van der Waals surface area contributed by atoms with E-state index in [1.54, 1.807) is 7.11 Å². The summed E-state index contributed by atoms with van der Waals surface area (Å²) >= 11 is 0. The molecule has 0 bridgehead atoms. The topological polar surface area (TPSA) is 47.6 Å². The van der Waals surface area contributed by atoms with E-state index in [2.05, 4.69) is 5.32 Å². The van der Waals surface area contributed by atoms with Gasteiger partial charge in [0, 0.05) is 19.6 Å². The summed E-state index contributed by atoms with van der Waals surface area (Å²) < 4.78 is 10.2. The minimum Gasteiger partial charge on any atom is -0.468 e. The van der Waals surface area contributed by atoms with Crippen LogP contribution in [0.2, 0.25) is 0 Å². The number of methoxy groups -OCH3 is 2. The van der Waals surface area contributed by atoms with Gasteiger partial charge in [-0.15, -0.1) is 0 Å². The summed E-state index contributed by atoms with van der Waals surface area (Å²) in [5.74, 6) is -0.171. The van der Waals surface area contributed by atoms with Crippen molar-refractivity contribution in [2.24, 2.45) is 0 Å². The molecular weight excluding hydrogens is 194 g/mol. The molecule has 0 amide bonds. The Bertz CT molecular complexity index is 230. The molecule has 1 aliphatic carbocycles. The zero-order valence-corrected chi connectivity index (χ0v) is 10.0. The summed E-state index contributed by atoms with van der Waals surface area (Å²) in [6.45, 7) is 4.07. The van der Waals surface area contributed by atoms with Gasteiger partial charge in [0.25, 0.3) is 0 Å². The Hall–Kier alpha value is -0.610. The van der Waals surface area contributed by atoms with Gasteiger partial charge in [0.1, 0.15) is 5.54 Å². The van der Waals surface area contributed by atoms with E-state index < -0.39 is 5.54 Å². The van der Waals surface area contributed by atoms with Crippen LogP contribution in [0.25, 0.3) is 0 Å². The van der Waals surface area contributed by atoms with Gasteiger partial charge in [-0.25, -0.2) is 0 Å². The number of esters is 1. The van der Waals surface area contributed by atoms with Crippen molar-refractivity contribution in [1.29, 1.82) is 0 Å². The average Bonchev–Trinajstić information content (AvgIpc) is 2.60. The molecule has 0 aliphatic heterocycles. The highest BCUT2D eigenvalue weighted by atomic mass is 16.5. The lowest BCUT2D eigenvalue weighted by Gasteiger charge is -2.29. The maximum Gasteiger partial charge on any atom is 0.326 e. The van der Waals surface area contributed by atoms with E-state index in [9.17, 15) is 4.79 Å². The van der Waals surface area contributed by atoms with Crippen molar-refractivity contribution < 1.29 is 14.3 Å². The first-order valence-corrected chi connectivity index (χ1v) is 5.43. The third-order valence-electron chi connectivity index (χ3n) is 2.94. The molecule has 1 fully saturated rings. The largest absolute Gasteiger partial charge is 0.468 e. The van der Waals surface area contributed by atoms with Crippen LogP contribution in [-0.4, -0.2) is 37.9 Å². The predicted octanol–water partition coefficient (Wildman–Crippen LogP) is 1.10. The fourth-order valence-electron chi connectivity index (χ4n) is 2.32. The summed E-state index contributed by atoms with van der Waals surface area (Å²) in [6, 6.07) is 0.264. The second-order valence-corrected chi connectivity index (χ2v) is 4.47. The fourth-order valence-corrected chi connectivity index (χ4v) is 2.32. The molecular formula is C11H21NO3. The van der Waals surface area contributed by atoms with Crippen molar-refractivity contribution in [2.75, 3.05) is 14.2 Å². The van der Waals surface area contributed by atoms with E-state index in [1.165, 1.54) is 7.11 Å². The van der Waals surface area contributed by atoms with Crippen LogP contribution >= 0.6 is 0 Å². The molecule has 2 unspecified atom stereocenters. The second-order valence-electron chi connectivity index (χ2n) is 4.47. The van der Waals surface area contributed by atoms with E-state index >= 15 is 0 Å². The van der Waals surface area contributed by atoms with E-state index in [1.807, 2.05) is 13.8 Å². The van der Waals surface area contributed by atoms with Crippen molar-refractivity contribution in [1.82, 2.24) is 5.32 Å². The maximum absolute atomic E-state index is 11.8. The molecule has 88 valence electrons. The van der Waals surface area contributed by atoms with Crippen molar-refractivity contribution in [2.45, 2.75) is 50.8 Å². The molecule has 1 rings (SSSR count). The SMILES string of the molecule is COC(=O)C1(NC(C)C)CCC(OC)C1. The number of hydrogen-bond acceptors (Lipinski definition) is 4. The third kappa shape index (κ3) is 2.69. The Kier molecular flexibility index (Phi) is 4.11. The zero-order valence-electron chi connectivity index (χ0n) is 10.0. The molecule has 4 nitrogen and oxygen atoms in total. The minimum atomic E-state index is -0.538. The molecule has 0 aromatic carbocycles. The smallest absolute Gasteiger partial charge is 0.326 e. The molecule has 0 saturated heterocycles.